The van der Waals surface area contributed by atoms with E-state index in [-0.39, 0.29) is 5.56 Å². The quantitative estimate of drug-likeness (QED) is 0.933. The van der Waals surface area contributed by atoms with Crippen molar-refractivity contribution in [1.29, 1.82) is 0 Å². The lowest BCUT2D eigenvalue weighted by atomic mass is 10.2. The maximum Gasteiger partial charge on any atom is 0.267 e. The number of nitrogens with zero attached hydrogens (tertiary/aromatic N) is 3. The number of H-pyrrole nitrogens is 1. The van der Waals surface area contributed by atoms with Gasteiger partial charge in [-0.2, -0.15) is 0 Å². The Labute approximate surface area is 107 Å². The summed E-state index contributed by atoms with van der Waals surface area (Å²) in [6, 6.07) is 3.86. The van der Waals surface area contributed by atoms with E-state index in [1.54, 1.807) is 12.4 Å². The largest absolute Gasteiger partial charge is 0.354 e. The highest BCUT2D eigenvalue weighted by Gasteiger charge is 2.10. The maximum atomic E-state index is 11.4. The number of rotatable bonds is 3. The first kappa shape index (κ1) is 11.8. The van der Waals surface area contributed by atoms with Crippen molar-refractivity contribution in [2.45, 2.75) is 6.54 Å². The summed E-state index contributed by atoms with van der Waals surface area (Å²) in [5, 5.41) is 0. The van der Waals surface area contributed by atoms with Crippen LogP contribution in [0.3, 0.4) is 0 Å². The van der Waals surface area contributed by atoms with E-state index in [0.29, 0.717) is 16.8 Å². The Kier molecular flexibility index (Phi) is 3.53. The monoisotopic (exact) mass is 294 g/mol. The van der Waals surface area contributed by atoms with E-state index in [1.165, 1.54) is 6.33 Å². The minimum Gasteiger partial charge on any atom is -0.354 e. The van der Waals surface area contributed by atoms with Crippen molar-refractivity contribution in [2.75, 3.05) is 11.9 Å². The molecule has 2 rings (SSSR count). The van der Waals surface area contributed by atoms with Crippen LogP contribution in [0.15, 0.2) is 40.1 Å². The average Bonchev–Trinajstić information content (AvgIpc) is 2.34. The molecule has 1 N–H and O–H groups in total. The van der Waals surface area contributed by atoms with Gasteiger partial charge in [-0.1, -0.05) is 0 Å². The van der Waals surface area contributed by atoms with Gasteiger partial charge in [0.15, 0.2) is 0 Å². The molecule has 88 valence electrons. The van der Waals surface area contributed by atoms with Crippen LogP contribution in [0.2, 0.25) is 0 Å². The highest BCUT2D eigenvalue weighted by molar-refractivity contribution is 9.10. The third kappa shape index (κ3) is 2.71. The van der Waals surface area contributed by atoms with E-state index in [4.69, 9.17) is 0 Å². The zero-order valence-corrected chi connectivity index (χ0v) is 10.8. The molecule has 0 fully saturated rings. The Bertz CT molecular complexity index is 555. The molecule has 0 radical (unpaired) electrons. The molecule has 2 aromatic rings. The molecule has 2 heterocycles. The molecule has 0 aromatic carbocycles. The molecule has 2 aromatic heterocycles. The van der Waals surface area contributed by atoms with Crippen molar-refractivity contribution >= 4 is 21.7 Å². The van der Waals surface area contributed by atoms with Crippen LogP contribution >= 0.6 is 15.9 Å². The minimum atomic E-state index is -0.184. The molecular weight excluding hydrogens is 284 g/mol. The second kappa shape index (κ2) is 5.09. The Hall–Kier alpha value is -1.69. The van der Waals surface area contributed by atoms with Crippen molar-refractivity contribution < 1.29 is 0 Å². The first-order chi connectivity index (χ1) is 8.18. The van der Waals surface area contributed by atoms with Crippen molar-refractivity contribution in [3.05, 3.63) is 51.2 Å². The lowest BCUT2D eigenvalue weighted by Gasteiger charge is -2.18. The van der Waals surface area contributed by atoms with Crippen molar-refractivity contribution in [3.8, 4) is 0 Å². The van der Waals surface area contributed by atoms with E-state index < -0.39 is 0 Å². The molecule has 6 heteroatoms. The molecular formula is C11H11BrN4O. The van der Waals surface area contributed by atoms with Gasteiger partial charge in [0.25, 0.3) is 5.56 Å². The number of hydrogen-bond acceptors (Lipinski definition) is 4. The Morgan fingerprint density at radius 2 is 2.12 bits per heavy atom. The van der Waals surface area contributed by atoms with Crippen LogP contribution in [-0.2, 0) is 6.54 Å². The van der Waals surface area contributed by atoms with Gasteiger partial charge >= 0.3 is 0 Å². The highest BCUT2D eigenvalue weighted by Crippen LogP contribution is 2.19. The summed E-state index contributed by atoms with van der Waals surface area (Å²) in [6.07, 6.45) is 4.87. The predicted octanol–water partition coefficient (Wildman–Crippen LogP) is 1.56. The van der Waals surface area contributed by atoms with Crippen LogP contribution in [0.4, 0.5) is 5.82 Å². The topological polar surface area (TPSA) is 61.9 Å². The molecule has 0 spiro atoms. The van der Waals surface area contributed by atoms with Gasteiger partial charge in [0, 0.05) is 26.0 Å². The van der Waals surface area contributed by atoms with Gasteiger partial charge in [0.05, 0.1) is 6.33 Å². The number of aromatic amines is 1. The van der Waals surface area contributed by atoms with E-state index >= 15 is 0 Å². The van der Waals surface area contributed by atoms with Gasteiger partial charge in [0.1, 0.15) is 10.3 Å². The second-order valence-corrected chi connectivity index (χ2v) is 4.37. The standard InChI is InChI=1S/C11H11BrN4O/c1-16(6-8-2-4-13-5-3-8)10-9(12)11(17)15-7-14-10/h2-5,7H,6H2,1H3,(H,14,15,17). The number of halogens is 1. The molecule has 17 heavy (non-hydrogen) atoms. The van der Waals surface area contributed by atoms with Crippen LogP contribution in [-0.4, -0.2) is 22.0 Å². The van der Waals surface area contributed by atoms with Gasteiger partial charge < -0.3 is 9.88 Å². The molecule has 5 nitrogen and oxygen atoms in total. The first-order valence-corrected chi connectivity index (χ1v) is 5.81. The van der Waals surface area contributed by atoms with Crippen molar-refractivity contribution in [2.24, 2.45) is 0 Å². The van der Waals surface area contributed by atoms with Crippen LogP contribution in [0, 0.1) is 0 Å². The Balaban J connectivity index is 2.23. The maximum absolute atomic E-state index is 11.4. The van der Waals surface area contributed by atoms with E-state index in [9.17, 15) is 4.79 Å². The third-order valence-corrected chi connectivity index (χ3v) is 3.02. The van der Waals surface area contributed by atoms with Crippen LogP contribution < -0.4 is 10.5 Å². The molecule has 0 saturated carbocycles. The normalized spacial score (nSPS) is 10.2. The molecule has 0 bridgehead atoms. The number of pyridine rings is 1. The smallest absolute Gasteiger partial charge is 0.267 e. The Morgan fingerprint density at radius 1 is 1.41 bits per heavy atom. The van der Waals surface area contributed by atoms with Crippen molar-refractivity contribution in [1.82, 2.24) is 15.0 Å². The van der Waals surface area contributed by atoms with E-state index in [1.807, 2.05) is 24.1 Å². The average molecular weight is 295 g/mol. The minimum absolute atomic E-state index is 0.184. The molecule has 0 unspecified atom stereocenters. The molecule has 0 aliphatic carbocycles. The Morgan fingerprint density at radius 3 is 2.82 bits per heavy atom. The number of nitrogens with one attached hydrogen (secondary N) is 1. The number of hydrogen-bond donors (Lipinski definition) is 1. The van der Waals surface area contributed by atoms with Gasteiger partial charge in [0.2, 0.25) is 0 Å². The third-order valence-electron chi connectivity index (χ3n) is 2.31. The second-order valence-electron chi connectivity index (χ2n) is 3.58. The molecule has 0 atom stereocenters. The van der Waals surface area contributed by atoms with Crippen LogP contribution in [0.5, 0.6) is 0 Å². The zero-order valence-electron chi connectivity index (χ0n) is 9.22. The summed E-state index contributed by atoms with van der Waals surface area (Å²) in [5.41, 5.74) is 0.924. The highest BCUT2D eigenvalue weighted by atomic mass is 79.9. The van der Waals surface area contributed by atoms with Gasteiger partial charge in [-0.15, -0.1) is 0 Å². The number of anilines is 1. The van der Waals surface area contributed by atoms with E-state index in [0.717, 1.165) is 5.56 Å². The lowest BCUT2D eigenvalue weighted by molar-refractivity contribution is 0.878. The van der Waals surface area contributed by atoms with Gasteiger partial charge in [-0.25, -0.2) is 4.98 Å². The molecule has 0 saturated heterocycles. The SMILES string of the molecule is CN(Cc1ccncc1)c1nc[nH]c(=O)c1Br. The van der Waals surface area contributed by atoms with Gasteiger partial charge in [-0.3, -0.25) is 9.78 Å². The summed E-state index contributed by atoms with van der Waals surface area (Å²) in [6.45, 7) is 0.664. The first-order valence-electron chi connectivity index (χ1n) is 5.01. The lowest BCUT2D eigenvalue weighted by Crippen LogP contribution is -2.21. The number of aromatic nitrogens is 3. The van der Waals surface area contributed by atoms with Gasteiger partial charge in [-0.05, 0) is 33.6 Å². The molecule has 0 aliphatic heterocycles. The molecule has 0 amide bonds. The zero-order chi connectivity index (χ0) is 12.3. The summed E-state index contributed by atoms with van der Waals surface area (Å²) < 4.78 is 0.441. The van der Waals surface area contributed by atoms with Crippen LogP contribution in [0.1, 0.15) is 5.56 Å². The van der Waals surface area contributed by atoms with Crippen molar-refractivity contribution in [3.63, 3.8) is 0 Å². The fourth-order valence-electron chi connectivity index (χ4n) is 1.48. The summed E-state index contributed by atoms with van der Waals surface area (Å²) >= 11 is 3.23. The summed E-state index contributed by atoms with van der Waals surface area (Å²) in [5.74, 6) is 0.616. The summed E-state index contributed by atoms with van der Waals surface area (Å²) in [7, 11) is 1.88. The fourth-order valence-corrected chi connectivity index (χ4v) is 2.00. The molecule has 0 aliphatic rings. The van der Waals surface area contributed by atoms with Crippen LogP contribution in [0.25, 0.3) is 0 Å². The van der Waals surface area contributed by atoms with E-state index in [2.05, 4.69) is 30.9 Å². The summed E-state index contributed by atoms with van der Waals surface area (Å²) in [4.78, 5) is 23.9. The predicted molar refractivity (Wildman–Crippen MR) is 68.9 cm³/mol. The fraction of sp³-hybridized carbons (Fsp3) is 0.182.